The van der Waals surface area contributed by atoms with E-state index in [0.717, 1.165) is 36.5 Å². The van der Waals surface area contributed by atoms with Gasteiger partial charge in [-0.25, -0.2) is 0 Å². The predicted molar refractivity (Wildman–Crippen MR) is 148 cm³/mol. The molecule has 5 aliphatic rings. The van der Waals surface area contributed by atoms with E-state index in [1.807, 2.05) is 12.1 Å². The van der Waals surface area contributed by atoms with E-state index < -0.39 is 5.60 Å². The lowest BCUT2D eigenvalue weighted by Crippen LogP contribution is -2.55. The Hall–Kier alpha value is -1.02. The van der Waals surface area contributed by atoms with Gasteiger partial charge in [0.25, 0.3) is 0 Å². The molecule has 6 rings (SSSR count). The molecule has 6 atom stereocenters. The number of aliphatic hydroxyl groups is 1. The minimum Gasteiger partial charge on any atom is -0.508 e. The number of rotatable bonds is 4. The van der Waals surface area contributed by atoms with E-state index in [9.17, 15) is 10.2 Å². The third-order valence-corrected chi connectivity index (χ3v) is 13.3. The zero-order valence-electron chi connectivity index (χ0n) is 23.4. The number of aryl methyl sites for hydroxylation is 1. The summed E-state index contributed by atoms with van der Waals surface area (Å²) in [7, 11) is 0. The third-order valence-electron chi connectivity index (χ3n) is 13.3. The first-order valence-corrected chi connectivity index (χ1v) is 15.9. The summed E-state index contributed by atoms with van der Waals surface area (Å²) in [5.74, 6) is 6.73. The summed E-state index contributed by atoms with van der Waals surface area (Å²) in [5.41, 5.74) is 2.53. The van der Waals surface area contributed by atoms with Crippen LogP contribution in [0.1, 0.15) is 128 Å². The zero-order valence-corrected chi connectivity index (χ0v) is 23.4. The monoisotopic (exact) mass is 492 g/mol. The van der Waals surface area contributed by atoms with Gasteiger partial charge in [-0.3, -0.25) is 0 Å². The highest BCUT2D eigenvalue weighted by Gasteiger charge is 2.63. The van der Waals surface area contributed by atoms with E-state index in [-0.39, 0.29) is 5.41 Å². The summed E-state index contributed by atoms with van der Waals surface area (Å²) in [6.45, 7) is 7.33. The van der Waals surface area contributed by atoms with Crippen molar-refractivity contribution >= 4 is 0 Å². The average molecular weight is 493 g/mol. The molecule has 5 aliphatic carbocycles. The molecule has 1 aromatic carbocycles. The SMILES string of the molecule is CCC(C)C1CCC(C2CCC(C3(O)CCC4[C@@H]5CCc6cc(O)ccc6C5CCC43C)CC2)CC1. The quantitative estimate of drug-likeness (QED) is 0.441. The first kappa shape index (κ1) is 25.3. The van der Waals surface area contributed by atoms with Crippen LogP contribution in [0.4, 0.5) is 0 Å². The number of hydrogen-bond donors (Lipinski definition) is 2. The van der Waals surface area contributed by atoms with Crippen LogP contribution < -0.4 is 0 Å². The van der Waals surface area contributed by atoms with Crippen molar-refractivity contribution in [3.63, 3.8) is 0 Å². The second-order valence-corrected chi connectivity index (χ2v) is 14.4. The number of phenols is 1. The Morgan fingerprint density at radius 3 is 2.28 bits per heavy atom. The molecule has 0 radical (unpaired) electrons. The van der Waals surface area contributed by atoms with Crippen LogP contribution >= 0.6 is 0 Å². The van der Waals surface area contributed by atoms with E-state index in [0.29, 0.717) is 29.4 Å². The summed E-state index contributed by atoms with van der Waals surface area (Å²) < 4.78 is 0. The lowest BCUT2D eigenvalue weighted by Gasteiger charge is -2.56. The fourth-order valence-electron chi connectivity index (χ4n) is 10.9. The molecule has 4 fully saturated rings. The standard InChI is InChI=1S/C34H52O2/c1-4-22(2)23-5-7-24(8-6-23)25-9-12-27(13-10-25)34(36)20-18-32-31-15-11-26-21-28(35)14-16-29(26)30(31)17-19-33(32,34)3/h14,16,21-25,27,30-32,35-36H,4-13,15,17-20H2,1-3H3/t22?,23?,24?,25?,27?,30?,31-,32?,33?,34?/m1/s1. The van der Waals surface area contributed by atoms with Gasteiger partial charge in [0.15, 0.2) is 0 Å². The maximum atomic E-state index is 12.5. The Balaban J connectivity index is 1.11. The number of fused-ring (bicyclic) bond motifs is 5. The van der Waals surface area contributed by atoms with Gasteiger partial charge in [0.1, 0.15) is 5.75 Å². The van der Waals surface area contributed by atoms with E-state index >= 15 is 0 Å². The molecule has 36 heavy (non-hydrogen) atoms. The van der Waals surface area contributed by atoms with Crippen molar-refractivity contribution < 1.29 is 10.2 Å². The first-order chi connectivity index (χ1) is 17.3. The first-order valence-electron chi connectivity index (χ1n) is 15.9. The van der Waals surface area contributed by atoms with Gasteiger partial charge < -0.3 is 10.2 Å². The maximum absolute atomic E-state index is 12.5. The maximum Gasteiger partial charge on any atom is 0.115 e. The summed E-state index contributed by atoms with van der Waals surface area (Å²) in [4.78, 5) is 0. The van der Waals surface area contributed by atoms with Gasteiger partial charge in [0.2, 0.25) is 0 Å². The normalized spacial score (nSPS) is 45.4. The van der Waals surface area contributed by atoms with E-state index in [2.05, 4.69) is 26.8 Å². The van der Waals surface area contributed by atoms with Crippen molar-refractivity contribution in [1.29, 1.82) is 0 Å². The van der Waals surface area contributed by atoms with Crippen molar-refractivity contribution in [3.05, 3.63) is 29.3 Å². The molecule has 4 saturated carbocycles. The zero-order chi connectivity index (χ0) is 25.1. The molecule has 2 N–H and O–H groups in total. The van der Waals surface area contributed by atoms with Crippen molar-refractivity contribution in [3.8, 4) is 5.75 Å². The van der Waals surface area contributed by atoms with E-state index in [1.165, 1.54) is 94.6 Å². The molecule has 0 bridgehead atoms. The molecule has 0 aliphatic heterocycles. The average Bonchev–Trinajstić information content (AvgIpc) is 3.19. The molecule has 2 heteroatoms. The lowest BCUT2D eigenvalue weighted by molar-refractivity contribution is -0.147. The van der Waals surface area contributed by atoms with Crippen LogP contribution in [0.15, 0.2) is 18.2 Å². The van der Waals surface area contributed by atoms with Gasteiger partial charge in [-0.1, -0.05) is 33.3 Å². The molecule has 0 saturated heterocycles. The second-order valence-electron chi connectivity index (χ2n) is 14.4. The second kappa shape index (κ2) is 9.62. The van der Waals surface area contributed by atoms with Crippen LogP contribution in [0.2, 0.25) is 0 Å². The Labute approximate surface area is 220 Å². The molecule has 0 spiro atoms. The Morgan fingerprint density at radius 2 is 1.58 bits per heavy atom. The predicted octanol–water partition coefficient (Wildman–Crippen LogP) is 8.64. The summed E-state index contributed by atoms with van der Waals surface area (Å²) >= 11 is 0. The summed E-state index contributed by atoms with van der Waals surface area (Å²) in [6.07, 6.45) is 19.5. The number of phenolic OH excluding ortho intramolecular Hbond substituents is 1. The third kappa shape index (κ3) is 3.99. The fraction of sp³-hybridized carbons (Fsp3) is 0.824. The smallest absolute Gasteiger partial charge is 0.115 e. The fourth-order valence-corrected chi connectivity index (χ4v) is 10.9. The highest BCUT2D eigenvalue weighted by molar-refractivity contribution is 5.40. The minimum atomic E-state index is -0.447. The molecular weight excluding hydrogens is 440 g/mol. The van der Waals surface area contributed by atoms with Crippen LogP contribution in [0.3, 0.4) is 0 Å². The van der Waals surface area contributed by atoms with Crippen molar-refractivity contribution in [2.24, 2.45) is 46.8 Å². The van der Waals surface area contributed by atoms with Crippen LogP contribution in [-0.2, 0) is 6.42 Å². The number of aromatic hydroxyl groups is 1. The van der Waals surface area contributed by atoms with Crippen molar-refractivity contribution in [2.75, 3.05) is 0 Å². The van der Waals surface area contributed by atoms with E-state index in [1.54, 1.807) is 0 Å². The molecule has 0 aromatic heterocycles. The molecule has 1 aromatic rings. The molecule has 5 unspecified atom stereocenters. The molecular formula is C34H52O2. The highest BCUT2D eigenvalue weighted by atomic mass is 16.3. The topological polar surface area (TPSA) is 40.5 Å². The van der Waals surface area contributed by atoms with Gasteiger partial charge in [-0.15, -0.1) is 0 Å². The van der Waals surface area contributed by atoms with Crippen molar-refractivity contribution in [1.82, 2.24) is 0 Å². The Kier molecular flexibility index (Phi) is 6.75. The Morgan fingerprint density at radius 1 is 0.889 bits per heavy atom. The van der Waals surface area contributed by atoms with Gasteiger partial charge >= 0.3 is 0 Å². The van der Waals surface area contributed by atoms with Gasteiger partial charge in [0, 0.05) is 0 Å². The van der Waals surface area contributed by atoms with Crippen LogP contribution in [-0.4, -0.2) is 15.8 Å². The van der Waals surface area contributed by atoms with E-state index in [4.69, 9.17) is 0 Å². The summed E-state index contributed by atoms with van der Waals surface area (Å²) in [6, 6.07) is 6.12. The summed E-state index contributed by atoms with van der Waals surface area (Å²) in [5, 5.41) is 22.5. The van der Waals surface area contributed by atoms with Gasteiger partial charge in [-0.05, 0) is 166 Å². The lowest BCUT2D eigenvalue weighted by atomic mass is 9.50. The molecule has 0 amide bonds. The van der Waals surface area contributed by atoms with Crippen molar-refractivity contribution in [2.45, 2.75) is 129 Å². The molecule has 200 valence electrons. The number of benzene rings is 1. The molecule has 0 heterocycles. The van der Waals surface area contributed by atoms with Crippen LogP contribution in [0.5, 0.6) is 5.75 Å². The molecule has 2 nitrogen and oxygen atoms in total. The van der Waals surface area contributed by atoms with Gasteiger partial charge in [-0.2, -0.15) is 0 Å². The highest BCUT2D eigenvalue weighted by Crippen LogP contribution is 2.67. The van der Waals surface area contributed by atoms with Crippen LogP contribution in [0.25, 0.3) is 0 Å². The minimum absolute atomic E-state index is 0.0917. The largest absolute Gasteiger partial charge is 0.508 e. The number of hydrogen-bond acceptors (Lipinski definition) is 2. The Bertz CT molecular complexity index is 923. The van der Waals surface area contributed by atoms with Gasteiger partial charge in [0.05, 0.1) is 5.60 Å². The van der Waals surface area contributed by atoms with Crippen LogP contribution in [0, 0.1) is 46.8 Å².